The van der Waals surface area contributed by atoms with Crippen molar-refractivity contribution < 1.29 is 32.6 Å². The highest BCUT2D eigenvalue weighted by Crippen LogP contribution is 2.39. The van der Waals surface area contributed by atoms with Gasteiger partial charge in [-0.3, -0.25) is 9.59 Å². The Labute approximate surface area is 188 Å². The van der Waals surface area contributed by atoms with E-state index in [2.05, 4.69) is 5.32 Å². The SMILES string of the molecule is CCOC(=O)C(N)CC(F)(F)[C@H]1O[C@H](CC)[C@H](C)[C@H](OCc2ccccc2)[C@@H]1NC(C)=O. The summed E-state index contributed by atoms with van der Waals surface area (Å²) in [6.07, 6.45) is -3.45. The molecule has 0 radical (unpaired) electrons. The molecule has 1 fully saturated rings. The molecule has 0 spiro atoms. The minimum atomic E-state index is -3.51. The molecule has 0 saturated carbocycles. The van der Waals surface area contributed by atoms with Crippen LogP contribution in [-0.4, -0.2) is 54.8 Å². The zero-order chi connectivity index (χ0) is 23.9. The maximum absolute atomic E-state index is 15.4. The van der Waals surface area contributed by atoms with E-state index in [1.165, 1.54) is 6.92 Å². The van der Waals surface area contributed by atoms with Gasteiger partial charge in [-0.2, -0.15) is 0 Å². The van der Waals surface area contributed by atoms with Crippen LogP contribution in [0.25, 0.3) is 0 Å². The Balaban J connectivity index is 2.31. The first-order chi connectivity index (χ1) is 15.1. The van der Waals surface area contributed by atoms with Crippen molar-refractivity contribution in [2.45, 2.75) is 83.5 Å². The second-order valence-electron chi connectivity index (χ2n) is 8.17. The number of hydrogen-bond acceptors (Lipinski definition) is 6. The minimum Gasteiger partial charge on any atom is -0.465 e. The lowest BCUT2D eigenvalue weighted by atomic mass is 9.82. The molecular weight excluding hydrogens is 422 g/mol. The highest BCUT2D eigenvalue weighted by Gasteiger charge is 2.55. The van der Waals surface area contributed by atoms with Crippen LogP contribution in [0.1, 0.15) is 46.1 Å². The molecule has 1 heterocycles. The molecular formula is C23H34F2N2O5. The topological polar surface area (TPSA) is 99.9 Å². The molecule has 1 amide bonds. The van der Waals surface area contributed by atoms with E-state index in [0.717, 1.165) is 5.56 Å². The molecule has 7 nitrogen and oxygen atoms in total. The van der Waals surface area contributed by atoms with E-state index in [1.807, 2.05) is 44.2 Å². The first-order valence-corrected chi connectivity index (χ1v) is 11.0. The zero-order valence-electron chi connectivity index (χ0n) is 19.1. The molecule has 1 aliphatic heterocycles. The smallest absolute Gasteiger partial charge is 0.323 e. The molecule has 1 aromatic carbocycles. The molecule has 1 aromatic rings. The summed E-state index contributed by atoms with van der Waals surface area (Å²) >= 11 is 0. The minimum absolute atomic E-state index is 0.0391. The Morgan fingerprint density at radius 1 is 1.25 bits per heavy atom. The van der Waals surface area contributed by atoms with Gasteiger partial charge >= 0.3 is 5.97 Å². The van der Waals surface area contributed by atoms with E-state index >= 15 is 8.78 Å². The fourth-order valence-electron chi connectivity index (χ4n) is 4.09. The summed E-state index contributed by atoms with van der Waals surface area (Å²) in [5, 5.41) is 2.60. The number of carbonyl (C=O) groups excluding carboxylic acids is 2. The summed E-state index contributed by atoms with van der Waals surface area (Å²) in [7, 11) is 0. The average molecular weight is 457 g/mol. The van der Waals surface area contributed by atoms with Crippen LogP contribution in [0.5, 0.6) is 0 Å². The molecule has 3 N–H and O–H groups in total. The van der Waals surface area contributed by atoms with Gasteiger partial charge in [0.25, 0.3) is 5.92 Å². The number of ether oxygens (including phenoxy) is 3. The Kier molecular flexibility index (Phi) is 9.54. The molecule has 1 aliphatic rings. The van der Waals surface area contributed by atoms with Gasteiger partial charge in [0.15, 0.2) is 0 Å². The number of benzene rings is 1. The van der Waals surface area contributed by atoms with Crippen molar-refractivity contribution in [1.29, 1.82) is 0 Å². The van der Waals surface area contributed by atoms with Gasteiger partial charge in [0.05, 0.1) is 31.5 Å². The summed E-state index contributed by atoms with van der Waals surface area (Å²) in [6, 6.07) is 6.70. The quantitative estimate of drug-likeness (QED) is 0.525. The predicted octanol–water partition coefficient (Wildman–Crippen LogP) is 2.81. The van der Waals surface area contributed by atoms with E-state index in [9.17, 15) is 9.59 Å². The second kappa shape index (κ2) is 11.7. The monoisotopic (exact) mass is 456 g/mol. The van der Waals surface area contributed by atoms with Gasteiger partial charge in [-0.1, -0.05) is 44.2 Å². The predicted molar refractivity (Wildman–Crippen MR) is 115 cm³/mol. The summed E-state index contributed by atoms with van der Waals surface area (Å²) in [6.45, 7) is 6.76. The number of alkyl halides is 2. The van der Waals surface area contributed by atoms with Crippen molar-refractivity contribution in [1.82, 2.24) is 5.32 Å². The van der Waals surface area contributed by atoms with E-state index < -0.39 is 54.6 Å². The van der Waals surface area contributed by atoms with E-state index in [-0.39, 0.29) is 19.1 Å². The summed E-state index contributed by atoms with van der Waals surface area (Å²) in [5.74, 6) is -5.16. The highest BCUT2D eigenvalue weighted by atomic mass is 19.3. The molecule has 32 heavy (non-hydrogen) atoms. The number of nitrogens with one attached hydrogen (secondary N) is 1. The lowest BCUT2D eigenvalue weighted by molar-refractivity contribution is -0.241. The molecule has 9 heteroatoms. The largest absolute Gasteiger partial charge is 0.465 e. The maximum Gasteiger partial charge on any atom is 0.323 e. The van der Waals surface area contributed by atoms with E-state index in [4.69, 9.17) is 19.9 Å². The summed E-state index contributed by atoms with van der Waals surface area (Å²) < 4.78 is 47.5. The zero-order valence-corrected chi connectivity index (χ0v) is 19.1. The fourth-order valence-corrected chi connectivity index (χ4v) is 4.09. The van der Waals surface area contributed by atoms with Crippen LogP contribution in [0.2, 0.25) is 0 Å². The maximum atomic E-state index is 15.4. The van der Waals surface area contributed by atoms with Gasteiger partial charge in [-0.25, -0.2) is 8.78 Å². The van der Waals surface area contributed by atoms with Crippen LogP contribution in [0.15, 0.2) is 30.3 Å². The van der Waals surface area contributed by atoms with Crippen molar-refractivity contribution >= 4 is 11.9 Å². The van der Waals surface area contributed by atoms with Crippen molar-refractivity contribution in [2.75, 3.05) is 6.61 Å². The second-order valence-corrected chi connectivity index (χ2v) is 8.17. The summed E-state index contributed by atoms with van der Waals surface area (Å²) in [4.78, 5) is 23.8. The Bertz CT molecular complexity index is 749. The first kappa shape index (κ1) is 26.2. The van der Waals surface area contributed by atoms with Crippen LogP contribution < -0.4 is 11.1 Å². The molecule has 1 unspecified atom stereocenters. The normalized spacial score (nSPS) is 26.9. The van der Waals surface area contributed by atoms with Gasteiger partial charge in [0, 0.05) is 19.3 Å². The third-order valence-corrected chi connectivity index (χ3v) is 5.66. The number of hydrogen-bond donors (Lipinski definition) is 2. The number of nitrogens with two attached hydrogens (primary N) is 1. The number of rotatable bonds is 10. The average Bonchev–Trinajstić information content (AvgIpc) is 2.73. The highest BCUT2D eigenvalue weighted by molar-refractivity contribution is 5.75. The van der Waals surface area contributed by atoms with Crippen LogP contribution in [0.4, 0.5) is 8.78 Å². The van der Waals surface area contributed by atoms with Crippen molar-refractivity contribution in [2.24, 2.45) is 11.7 Å². The van der Waals surface area contributed by atoms with Crippen LogP contribution >= 0.6 is 0 Å². The molecule has 0 bridgehead atoms. The molecule has 0 aliphatic carbocycles. The van der Waals surface area contributed by atoms with E-state index in [1.54, 1.807) is 6.92 Å². The molecule has 1 saturated heterocycles. The molecule has 2 rings (SSSR count). The molecule has 6 atom stereocenters. The standard InChI is InChI=1S/C23H34F2N2O5/c1-5-18-14(3)20(31-13-16-10-8-7-9-11-16)19(27-15(4)28)21(32-18)23(24,25)12-17(26)22(29)30-6-2/h7-11,14,17-21H,5-6,12-13,26H2,1-4H3,(H,27,28)/t14-,17?,18+,19-,20-,21-/m0/s1. The van der Waals surface area contributed by atoms with Crippen molar-refractivity contribution in [3.63, 3.8) is 0 Å². The number of carbonyl (C=O) groups is 2. The van der Waals surface area contributed by atoms with Crippen molar-refractivity contribution in [3.8, 4) is 0 Å². The Hall–Kier alpha value is -2.10. The van der Waals surface area contributed by atoms with Crippen LogP contribution in [0, 0.1) is 5.92 Å². The Morgan fingerprint density at radius 3 is 2.47 bits per heavy atom. The van der Waals surface area contributed by atoms with Crippen LogP contribution in [-0.2, 0) is 30.4 Å². The molecule has 0 aromatic heterocycles. The van der Waals surface area contributed by atoms with Gasteiger partial charge in [0.1, 0.15) is 12.1 Å². The van der Waals surface area contributed by atoms with Gasteiger partial charge in [-0.05, 0) is 18.9 Å². The number of halogens is 2. The van der Waals surface area contributed by atoms with E-state index in [0.29, 0.717) is 6.42 Å². The van der Waals surface area contributed by atoms with Crippen LogP contribution in [0.3, 0.4) is 0 Å². The third-order valence-electron chi connectivity index (χ3n) is 5.66. The third kappa shape index (κ3) is 6.70. The number of esters is 1. The fraction of sp³-hybridized carbons (Fsp3) is 0.652. The number of amides is 1. The van der Waals surface area contributed by atoms with Crippen molar-refractivity contribution in [3.05, 3.63) is 35.9 Å². The molecule has 180 valence electrons. The first-order valence-electron chi connectivity index (χ1n) is 11.0. The van der Waals surface area contributed by atoms with Gasteiger partial charge < -0.3 is 25.3 Å². The van der Waals surface area contributed by atoms with Gasteiger partial charge in [0.2, 0.25) is 5.91 Å². The lowest BCUT2D eigenvalue weighted by Gasteiger charge is -2.48. The summed E-state index contributed by atoms with van der Waals surface area (Å²) in [5.41, 5.74) is 6.56. The van der Waals surface area contributed by atoms with Gasteiger partial charge in [-0.15, -0.1) is 0 Å². The Morgan fingerprint density at radius 2 is 1.91 bits per heavy atom. The lowest BCUT2D eigenvalue weighted by Crippen LogP contribution is -2.66.